The first-order valence-electron chi connectivity index (χ1n) is 5.77. The topological polar surface area (TPSA) is 20.2 Å². The fourth-order valence-corrected chi connectivity index (χ4v) is 2.29. The van der Waals surface area contributed by atoms with E-state index in [-0.39, 0.29) is 5.56 Å². The second-order valence-electron chi connectivity index (χ2n) is 4.63. The fourth-order valence-electron chi connectivity index (χ4n) is 2.02. The second-order valence-corrected chi connectivity index (χ2v) is 5.55. The zero-order valence-corrected chi connectivity index (χ0v) is 12.1. The van der Waals surface area contributed by atoms with Gasteiger partial charge < -0.3 is 5.11 Å². The summed E-state index contributed by atoms with van der Waals surface area (Å²) in [5, 5.41) is 10.5. The lowest BCUT2D eigenvalue weighted by molar-refractivity contribution is 0.0932. The van der Waals surface area contributed by atoms with Crippen molar-refractivity contribution in [2.75, 3.05) is 0 Å². The van der Waals surface area contributed by atoms with Gasteiger partial charge in [0.25, 0.3) is 0 Å². The van der Waals surface area contributed by atoms with Gasteiger partial charge in [-0.2, -0.15) is 0 Å². The predicted octanol–water partition coefficient (Wildman–Crippen LogP) is 4.29. The number of aliphatic hydroxyl groups is 1. The maximum atomic E-state index is 14.1. The van der Waals surface area contributed by atoms with Crippen LogP contribution in [0.4, 0.5) is 8.78 Å². The quantitative estimate of drug-likeness (QED) is 0.872. The van der Waals surface area contributed by atoms with Crippen LogP contribution in [0.5, 0.6) is 0 Å². The van der Waals surface area contributed by atoms with Crippen LogP contribution in [-0.4, -0.2) is 5.11 Å². The molecule has 1 atom stereocenters. The van der Waals surface area contributed by atoms with Gasteiger partial charge in [-0.3, -0.25) is 0 Å². The number of benzene rings is 2. The Hall–Kier alpha value is -1.26. The average molecular weight is 327 g/mol. The minimum Gasteiger partial charge on any atom is -0.380 e. The summed E-state index contributed by atoms with van der Waals surface area (Å²) < 4.78 is 28.8. The van der Waals surface area contributed by atoms with Crippen molar-refractivity contribution in [2.45, 2.75) is 19.4 Å². The molecule has 0 aliphatic heterocycles. The Balaban J connectivity index is 2.62. The molecule has 0 aromatic heterocycles. The van der Waals surface area contributed by atoms with Crippen molar-refractivity contribution in [3.63, 3.8) is 0 Å². The molecule has 4 heteroatoms. The van der Waals surface area contributed by atoms with Crippen molar-refractivity contribution in [1.82, 2.24) is 0 Å². The van der Waals surface area contributed by atoms with E-state index in [9.17, 15) is 13.9 Å². The number of hydrogen-bond acceptors (Lipinski definition) is 1. The van der Waals surface area contributed by atoms with Crippen LogP contribution in [0.3, 0.4) is 0 Å². The van der Waals surface area contributed by atoms with Crippen molar-refractivity contribution >= 4 is 15.9 Å². The summed E-state index contributed by atoms with van der Waals surface area (Å²) in [5.74, 6) is -1.47. The summed E-state index contributed by atoms with van der Waals surface area (Å²) in [6.07, 6.45) is 0. The largest absolute Gasteiger partial charge is 0.380 e. The van der Waals surface area contributed by atoms with Gasteiger partial charge in [-0.15, -0.1) is 0 Å². The molecule has 0 saturated carbocycles. The number of rotatable bonds is 2. The van der Waals surface area contributed by atoms with Crippen molar-refractivity contribution in [3.05, 3.63) is 69.2 Å². The standard InChI is InChI=1S/C15H13BrF2O/c1-9-3-8-12(17)13(14(9)18)15(2,19)10-4-6-11(16)7-5-10/h3-8,19H,1-2H3. The molecule has 0 fully saturated rings. The van der Waals surface area contributed by atoms with E-state index in [1.165, 1.54) is 26.0 Å². The lowest BCUT2D eigenvalue weighted by Crippen LogP contribution is -2.26. The van der Waals surface area contributed by atoms with E-state index in [4.69, 9.17) is 0 Å². The highest BCUT2D eigenvalue weighted by Crippen LogP contribution is 2.34. The predicted molar refractivity (Wildman–Crippen MR) is 73.9 cm³/mol. The van der Waals surface area contributed by atoms with Gasteiger partial charge in [-0.1, -0.05) is 34.1 Å². The molecule has 100 valence electrons. The molecule has 0 heterocycles. The Morgan fingerprint density at radius 3 is 2.21 bits per heavy atom. The van der Waals surface area contributed by atoms with Crippen LogP contribution in [0.15, 0.2) is 40.9 Å². The Morgan fingerprint density at radius 1 is 1.05 bits per heavy atom. The third kappa shape index (κ3) is 2.55. The monoisotopic (exact) mass is 326 g/mol. The Morgan fingerprint density at radius 2 is 1.63 bits per heavy atom. The third-order valence-corrected chi connectivity index (χ3v) is 3.71. The van der Waals surface area contributed by atoms with Crippen molar-refractivity contribution < 1.29 is 13.9 Å². The van der Waals surface area contributed by atoms with Crippen molar-refractivity contribution in [2.24, 2.45) is 0 Å². The first-order chi connectivity index (χ1) is 8.84. The van der Waals surface area contributed by atoms with Gasteiger partial charge in [0, 0.05) is 4.47 Å². The van der Waals surface area contributed by atoms with Gasteiger partial charge in [0.1, 0.15) is 17.2 Å². The van der Waals surface area contributed by atoms with E-state index in [0.717, 1.165) is 4.47 Å². The molecule has 1 nitrogen and oxygen atoms in total. The van der Waals surface area contributed by atoms with Crippen molar-refractivity contribution in [3.8, 4) is 0 Å². The molecule has 0 bridgehead atoms. The number of hydrogen-bond donors (Lipinski definition) is 1. The molecule has 2 rings (SSSR count). The third-order valence-electron chi connectivity index (χ3n) is 3.18. The van der Waals surface area contributed by atoms with Crippen LogP contribution in [0, 0.1) is 18.6 Å². The van der Waals surface area contributed by atoms with Gasteiger partial charge in [-0.05, 0) is 43.2 Å². The smallest absolute Gasteiger partial charge is 0.135 e. The highest BCUT2D eigenvalue weighted by Gasteiger charge is 2.32. The van der Waals surface area contributed by atoms with Gasteiger partial charge in [0.2, 0.25) is 0 Å². The molecule has 0 amide bonds. The highest BCUT2D eigenvalue weighted by atomic mass is 79.9. The summed E-state index contributed by atoms with van der Waals surface area (Å²) in [5.41, 5.74) is -1.32. The summed E-state index contributed by atoms with van der Waals surface area (Å²) in [7, 11) is 0. The van der Waals surface area contributed by atoms with E-state index in [1.807, 2.05) is 0 Å². The lowest BCUT2D eigenvalue weighted by atomic mass is 9.86. The van der Waals surface area contributed by atoms with Gasteiger partial charge in [0.05, 0.1) is 5.56 Å². The van der Waals surface area contributed by atoms with Crippen LogP contribution >= 0.6 is 15.9 Å². The molecule has 0 aliphatic rings. The highest BCUT2D eigenvalue weighted by molar-refractivity contribution is 9.10. The maximum Gasteiger partial charge on any atom is 0.135 e. The van der Waals surface area contributed by atoms with Crippen LogP contribution in [-0.2, 0) is 5.60 Å². The molecular formula is C15H13BrF2O. The van der Waals surface area contributed by atoms with E-state index < -0.39 is 17.2 Å². The molecule has 19 heavy (non-hydrogen) atoms. The van der Waals surface area contributed by atoms with Crippen LogP contribution < -0.4 is 0 Å². The van der Waals surface area contributed by atoms with E-state index >= 15 is 0 Å². The van der Waals surface area contributed by atoms with E-state index in [2.05, 4.69) is 15.9 Å². The minimum atomic E-state index is -1.72. The van der Waals surface area contributed by atoms with E-state index in [1.54, 1.807) is 24.3 Å². The molecule has 2 aromatic carbocycles. The Bertz CT molecular complexity index is 606. The minimum absolute atomic E-state index is 0.300. The van der Waals surface area contributed by atoms with Gasteiger partial charge in [0.15, 0.2) is 0 Å². The molecule has 0 radical (unpaired) electrons. The first kappa shape index (κ1) is 14.2. The number of aryl methyl sites for hydroxylation is 1. The van der Waals surface area contributed by atoms with Gasteiger partial charge in [-0.25, -0.2) is 8.78 Å². The van der Waals surface area contributed by atoms with Gasteiger partial charge >= 0.3 is 0 Å². The van der Waals surface area contributed by atoms with E-state index in [0.29, 0.717) is 11.1 Å². The van der Waals surface area contributed by atoms with Crippen LogP contribution in [0.1, 0.15) is 23.6 Å². The summed E-state index contributed by atoms with van der Waals surface area (Å²) in [6.45, 7) is 2.92. The zero-order chi connectivity index (χ0) is 14.2. The SMILES string of the molecule is Cc1ccc(F)c(C(C)(O)c2ccc(Br)cc2)c1F. The molecule has 0 aliphatic carbocycles. The van der Waals surface area contributed by atoms with Crippen LogP contribution in [0.25, 0.3) is 0 Å². The molecule has 0 spiro atoms. The van der Waals surface area contributed by atoms with Crippen LogP contribution in [0.2, 0.25) is 0 Å². The lowest BCUT2D eigenvalue weighted by Gasteiger charge is -2.26. The average Bonchev–Trinajstić information content (AvgIpc) is 2.34. The molecule has 1 unspecified atom stereocenters. The molecule has 2 aromatic rings. The zero-order valence-electron chi connectivity index (χ0n) is 10.5. The maximum absolute atomic E-state index is 14.1. The molecular weight excluding hydrogens is 314 g/mol. The summed E-state index contributed by atoms with van der Waals surface area (Å²) in [4.78, 5) is 0. The Kier molecular flexibility index (Phi) is 3.74. The second kappa shape index (κ2) is 5.02. The fraction of sp³-hybridized carbons (Fsp3) is 0.200. The Labute approximate surface area is 119 Å². The number of halogens is 3. The van der Waals surface area contributed by atoms with Crippen molar-refractivity contribution in [1.29, 1.82) is 0 Å². The summed E-state index contributed by atoms with van der Waals surface area (Å²) in [6, 6.07) is 9.22. The molecule has 0 saturated heterocycles. The summed E-state index contributed by atoms with van der Waals surface area (Å²) >= 11 is 3.28. The first-order valence-corrected chi connectivity index (χ1v) is 6.57. The molecule has 1 N–H and O–H groups in total. The normalized spacial score (nSPS) is 14.2.